The first kappa shape index (κ1) is 18.3. The van der Waals surface area contributed by atoms with Gasteiger partial charge in [0, 0.05) is 18.7 Å². The summed E-state index contributed by atoms with van der Waals surface area (Å²) < 4.78 is 10.7. The van der Waals surface area contributed by atoms with E-state index < -0.39 is 0 Å². The van der Waals surface area contributed by atoms with Gasteiger partial charge in [-0.25, -0.2) is 0 Å². The number of ether oxygens (including phenoxy) is 2. The largest absolute Gasteiger partial charge is 0.493 e. The molecule has 1 amide bonds. The third-order valence-corrected chi connectivity index (χ3v) is 5.14. The van der Waals surface area contributed by atoms with Crippen molar-refractivity contribution in [3.05, 3.63) is 59.2 Å². The van der Waals surface area contributed by atoms with Crippen LogP contribution in [0.4, 0.5) is 0 Å². The highest BCUT2D eigenvalue weighted by Crippen LogP contribution is 2.30. The summed E-state index contributed by atoms with van der Waals surface area (Å²) in [6.45, 7) is 3.67. The Morgan fingerprint density at radius 1 is 1.04 bits per heavy atom. The molecule has 4 nitrogen and oxygen atoms in total. The number of hydrogen-bond acceptors (Lipinski definition) is 3. The van der Waals surface area contributed by atoms with Gasteiger partial charge in [0.2, 0.25) is 0 Å². The third kappa shape index (κ3) is 4.18. The maximum absolute atomic E-state index is 12.7. The summed E-state index contributed by atoms with van der Waals surface area (Å²) >= 11 is 0. The zero-order valence-electron chi connectivity index (χ0n) is 15.8. The van der Waals surface area contributed by atoms with Gasteiger partial charge in [-0.15, -0.1) is 0 Å². The molecule has 0 spiro atoms. The van der Waals surface area contributed by atoms with E-state index in [4.69, 9.17) is 9.47 Å². The maximum atomic E-state index is 12.7. The fraction of sp³-hybridized carbons (Fsp3) is 0.409. The quantitative estimate of drug-likeness (QED) is 0.812. The Bertz CT molecular complexity index is 764. The second kappa shape index (κ2) is 8.26. The van der Waals surface area contributed by atoms with Crippen molar-refractivity contribution < 1.29 is 14.3 Å². The number of aryl methyl sites for hydroxylation is 1. The van der Waals surface area contributed by atoms with Crippen molar-refractivity contribution in [2.45, 2.75) is 26.2 Å². The summed E-state index contributed by atoms with van der Waals surface area (Å²) in [5.41, 5.74) is 3.17. The third-order valence-electron chi connectivity index (χ3n) is 5.14. The number of methoxy groups -OCH3 is 2. The molecule has 1 heterocycles. The minimum atomic E-state index is 0.151. The minimum Gasteiger partial charge on any atom is -0.493 e. The van der Waals surface area contributed by atoms with E-state index in [9.17, 15) is 4.79 Å². The first-order chi connectivity index (χ1) is 12.6. The lowest BCUT2D eigenvalue weighted by Gasteiger charge is -2.32. The molecule has 0 saturated carbocycles. The number of carbonyl (C=O) groups is 1. The van der Waals surface area contributed by atoms with E-state index in [1.54, 1.807) is 14.2 Å². The van der Waals surface area contributed by atoms with Gasteiger partial charge in [-0.3, -0.25) is 4.79 Å². The predicted octanol–water partition coefficient (Wildman–Crippen LogP) is 4.11. The van der Waals surface area contributed by atoms with Crippen molar-refractivity contribution >= 4 is 5.91 Å². The van der Waals surface area contributed by atoms with Gasteiger partial charge in [0.1, 0.15) is 0 Å². The molecule has 2 aromatic rings. The SMILES string of the molecule is COc1ccc(CC2CCN(C(=O)c3cccc(C)c3)CC2)cc1OC. The number of hydrogen-bond donors (Lipinski definition) is 0. The van der Waals surface area contributed by atoms with Crippen LogP contribution in [0, 0.1) is 12.8 Å². The highest BCUT2D eigenvalue weighted by Gasteiger charge is 2.24. The van der Waals surface area contributed by atoms with E-state index in [0.29, 0.717) is 5.92 Å². The van der Waals surface area contributed by atoms with Crippen molar-refractivity contribution in [3.63, 3.8) is 0 Å². The summed E-state index contributed by atoms with van der Waals surface area (Å²) in [4.78, 5) is 14.7. The zero-order valence-corrected chi connectivity index (χ0v) is 15.8. The van der Waals surface area contributed by atoms with Crippen LogP contribution in [0.5, 0.6) is 11.5 Å². The molecule has 3 rings (SSSR count). The molecule has 1 aliphatic rings. The van der Waals surface area contributed by atoms with Crippen LogP contribution in [0.3, 0.4) is 0 Å². The van der Waals surface area contributed by atoms with Crippen molar-refractivity contribution in [2.24, 2.45) is 5.92 Å². The van der Waals surface area contributed by atoms with Crippen LogP contribution in [-0.2, 0) is 6.42 Å². The van der Waals surface area contributed by atoms with Crippen LogP contribution in [0.25, 0.3) is 0 Å². The van der Waals surface area contributed by atoms with Crippen molar-refractivity contribution in [1.29, 1.82) is 0 Å². The summed E-state index contributed by atoms with van der Waals surface area (Å²) in [6.07, 6.45) is 3.07. The molecule has 1 aliphatic heterocycles. The number of benzene rings is 2. The second-order valence-electron chi connectivity index (χ2n) is 7.00. The number of piperidine rings is 1. The normalized spacial score (nSPS) is 15.0. The van der Waals surface area contributed by atoms with Gasteiger partial charge in [0.05, 0.1) is 14.2 Å². The van der Waals surface area contributed by atoms with Gasteiger partial charge in [0.25, 0.3) is 5.91 Å². The Hall–Kier alpha value is -2.49. The standard InChI is InChI=1S/C22H27NO3/c1-16-5-4-6-19(13-16)22(24)23-11-9-17(10-12-23)14-18-7-8-20(25-2)21(15-18)26-3/h4-8,13,15,17H,9-12,14H2,1-3H3. The smallest absolute Gasteiger partial charge is 0.253 e. The van der Waals surface area contributed by atoms with E-state index in [2.05, 4.69) is 12.1 Å². The summed E-state index contributed by atoms with van der Waals surface area (Å²) in [6, 6.07) is 14.0. The van der Waals surface area contributed by atoms with Crippen molar-refractivity contribution in [3.8, 4) is 11.5 Å². The van der Waals surface area contributed by atoms with Gasteiger partial charge in [0.15, 0.2) is 11.5 Å². The Kier molecular flexibility index (Phi) is 5.82. The molecule has 0 radical (unpaired) electrons. The van der Waals surface area contributed by atoms with E-state index in [0.717, 1.165) is 55.0 Å². The first-order valence-corrected chi connectivity index (χ1v) is 9.17. The van der Waals surface area contributed by atoms with E-state index in [-0.39, 0.29) is 5.91 Å². The van der Waals surface area contributed by atoms with Gasteiger partial charge in [-0.2, -0.15) is 0 Å². The van der Waals surface area contributed by atoms with E-state index in [1.807, 2.05) is 42.2 Å². The number of amides is 1. The average molecular weight is 353 g/mol. The monoisotopic (exact) mass is 353 g/mol. The Balaban J connectivity index is 1.58. The molecule has 1 saturated heterocycles. The van der Waals surface area contributed by atoms with Crippen LogP contribution >= 0.6 is 0 Å². The Labute approximate surface area is 155 Å². The van der Waals surface area contributed by atoms with Crippen LogP contribution in [0.2, 0.25) is 0 Å². The van der Waals surface area contributed by atoms with Crippen LogP contribution in [0.15, 0.2) is 42.5 Å². The summed E-state index contributed by atoms with van der Waals surface area (Å²) in [7, 11) is 3.31. The molecular formula is C22H27NO3. The van der Waals surface area contributed by atoms with Crippen molar-refractivity contribution in [1.82, 2.24) is 4.90 Å². The van der Waals surface area contributed by atoms with Gasteiger partial charge < -0.3 is 14.4 Å². The highest BCUT2D eigenvalue weighted by atomic mass is 16.5. The zero-order chi connectivity index (χ0) is 18.5. The number of nitrogens with zero attached hydrogens (tertiary/aromatic N) is 1. The molecule has 0 atom stereocenters. The van der Waals surface area contributed by atoms with Crippen molar-refractivity contribution in [2.75, 3.05) is 27.3 Å². The summed E-state index contributed by atoms with van der Waals surface area (Å²) in [5.74, 6) is 2.28. The topological polar surface area (TPSA) is 38.8 Å². The van der Waals surface area contributed by atoms with E-state index in [1.165, 1.54) is 5.56 Å². The van der Waals surface area contributed by atoms with E-state index >= 15 is 0 Å². The fourth-order valence-electron chi connectivity index (χ4n) is 3.64. The lowest BCUT2D eigenvalue weighted by atomic mass is 9.89. The molecule has 4 heteroatoms. The number of rotatable bonds is 5. The summed E-state index contributed by atoms with van der Waals surface area (Å²) in [5, 5.41) is 0. The molecule has 2 aromatic carbocycles. The second-order valence-corrected chi connectivity index (χ2v) is 7.00. The number of carbonyl (C=O) groups excluding carboxylic acids is 1. The Morgan fingerprint density at radius 2 is 1.77 bits per heavy atom. The van der Waals surface area contributed by atoms with Gasteiger partial charge in [-0.05, 0) is 61.9 Å². The average Bonchev–Trinajstić information content (AvgIpc) is 2.68. The molecule has 138 valence electrons. The minimum absolute atomic E-state index is 0.151. The predicted molar refractivity (Wildman–Crippen MR) is 103 cm³/mol. The van der Waals surface area contributed by atoms with Crippen LogP contribution in [0.1, 0.15) is 34.3 Å². The molecule has 0 N–H and O–H groups in total. The van der Waals surface area contributed by atoms with Gasteiger partial charge in [-0.1, -0.05) is 23.8 Å². The van der Waals surface area contributed by atoms with Crippen LogP contribution in [-0.4, -0.2) is 38.1 Å². The highest BCUT2D eigenvalue weighted by molar-refractivity contribution is 5.94. The fourth-order valence-corrected chi connectivity index (χ4v) is 3.64. The molecule has 0 unspecified atom stereocenters. The molecule has 26 heavy (non-hydrogen) atoms. The lowest BCUT2D eigenvalue weighted by molar-refractivity contribution is 0.0690. The maximum Gasteiger partial charge on any atom is 0.253 e. The van der Waals surface area contributed by atoms with Gasteiger partial charge >= 0.3 is 0 Å². The number of likely N-dealkylation sites (tertiary alicyclic amines) is 1. The molecular weight excluding hydrogens is 326 g/mol. The van der Waals surface area contributed by atoms with Crippen LogP contribution < -0.4 is 9.47 Å². The molecule has 1 fully saturated rings. The first-order valence-electron chi connectivity index (χ1n) is 9.17. The Morgan fingerprint density at radius 3 is 2.42 bits per heavy atom. The molecule has 0 aromatic heterocycles. The molecule has 0 bridgehead atoms. The lowest BCUT2D eigenvalue weighted by Crippen LogP contribution is -2.38. The molecule has 0 aliphatic carbocycles.